The number of ether oxygens (including phenoxy) is 1. The van der Waals surface area contributed by atoms with Crippen LogP contribution in [0.25, 0.3) is 0 Å². The van der Waals surface area contributed by atoms with Crippen molar-refractivity contribution < 1.29 is 14.5 Å². The molecule has 0 spiro atoms. The maximum absolute atomic E-state index is 12.1. The van der Waals surface area contributed by atoms with Gasteiger partial charge in [-0.15, -0.1) is 0 Å². The lowest BCUT2D eigenvalue weighted by Gasteiger charge is -2.14. The van der Waals surface area contributed by atoms with Crippen LogP contribution in [0.4, 0.5) is 11.4 Å². The number of rotatable bonds is 7. The molecule has 0 saturated carbocycles. The summed E-state index contributed by atoms with van der Waals surface area (Å²) in [6.07, 6.45) is 0. The molecule has 2 aromatic rings. The Morgan fingerprint density at radius 2 is 1.96 bits per heavy atom. The number of nitro groups is 1. The first kappa shape index (κ1) is 18.7. The van der Waals surface area contributed by atoms with Gasteiger partial charge < -0.3 is 15.4 Å². The van der Waals surface area contributed by atoms with Gasteiger partial charge in [0.05, 0.1) is 24.6 Å². The summed E-state index contributed by atoms with van der Waals surface area (Å²) in [6.45, 7) is 1.92. The summed E-state index contributed by atoms with van der Waals surface area (Å²) in [5, 5.41) is 17.4. The minimum Gasteiger partial charge on any atom is -0.496 e. The van der Waals surface area contributed by atoms with Crippen molar-refractivity contribution in [3.8, 4) is 5.75 Å². The van der Waals surface area contributed by atoms with E-state index in [9.17, 15) is 14.9 Å². The number of halogens is 1. The van der Waals surface area contributed by atoms with Crippen molar-refractivity contribution in [2.45, 2.75) is 13.0 Å². The number of nitro benzene ring substituents is 1. The van der Waals surface area contributed by atoms with E-state index in [1.807, 2.05) is 19.1 Å². The number of amides is 1. The van der Waals surface area contributed by atoms with E-state index < -0.39 is 4.92 Å². The Morgan fingerprint density at radius 1 is 1.28 bits per heavy atom. The van der Waals surface area contributed by atoms with Crippen molar-refractivity contribution in [3.05, 3.63) is 63.2 Å². The summed E-state index contributed by atoms with van der Waals surface area (Å²) in [7, 11) is 1.42. The molecule has 0 aliphatic rings. The van der Waals surface area contributed by atoms with E-state index in [4.69, 9.17) is 16.3 Å². The second-order valence-electron chi connectivity index (χ2n) is 5.34. The minimum absolute atomic E-state index is 0.00692. The van der Waals surface area contributed by atoms with Crippen LogP contribution in [0, 0.1) is 10.1 Å². The molecule has 1 atom stereocenters. The lowest BCUT2D eigenvalue weighted by Crippen LogP contribution is -2.30. The molecule has 0 bridgehead atoms. The number of anilines is 1. The molecule has 132 valence electrons. The summed E-state index contributed by atoms with van der Waals surface area (Å²) in [5.74, 6) is -0.0340. The number of benzene rings is 2. The molecule has 2 rings (SSSR count). The van der Waals surface area contributed by atoms with Crippen LogP contribution in [0.2, 0.25) is 5.02 Å². The van der Waals surface area contributed by atoms with Gasteiger partial charge in [0.1, 0.15) is 11.4 Å². The van der Waals surface area contributed by atoms with Crippen molar-refractivity contribution in [1.29, 1.82) is 0 Å². The number of hydrogen-bond acceptors (Lipinski definition) is 5. The second-order valence-corrected chi connectivity index (χ2v) is 5.78. The SMILES string of the molecule is COc1ccc(NC(=O)CN[C@H](C)c2ccc(Cl)cc2)c([N+](=O)[O-])c1. The third-order valence-electron chi connectivity index (χ3n) is 3.61. The van der Waals surface area contributed by atoms with E-state index in [0.717, 1.165) is 5.56 Å². The maximum Gasteiger partial charge on any atom is 0.296 e. The minimum atomic E-state index is -0.568. The number of nitrogens with one attached hydrogen (secondary N) is 2. The topological polar surface area (TPSA) is 93.5 Å². The Kier molecular flexibility index (Phi) is 6.32. The van der Waals surface area contributed by atoms with E-state index >= 15 is 0 Å². The van der Waals surface area contributed by atoms with E-state index in [2.05, 4.69) is 10.6 Å². The highest BCUT2D eigenvalue weighted by atomic mass is 35.5. The molecule has 7 nitrogen and oxygen atoms in total. The van der Waals surface area contributed by atoms with Gasteiger partial charge in [-0.25, -0.2) is 0 Å². The summed E-state index contributed by atoms with van der Waals surface area (Å²) in [4.78, 5) is 22.6. The largest absolute Gasteiger partial charge is 0.496 e. The molecule has 0 unspecified atom stereocenters. The summed E-state index contributed by atoms with van der Waals surface area (Å²) in [6, 6.07) is 11.5. The van der Waals surface area contributed by atoms with Gasteiger partial charge in [-0.3, -0.25) is 14.9 Å². The molecule has 8 heteroatoms. The lowest BCUT2D eigenvalue weighted by atomic mass is 10.1. The average molecular weight is 364 g/mol. The zero-order chi connectivity index (χ0) is 18.4. The van der Waals surface area contributed by atoms with Gasteiger partial charge in [0.25, 0.3) is 5.69 Å². The van der Waals surface area contributed by atoms with Crippen LogP contribution in [0.1, 0.15) is 18.5 Å². The smallest absolute Gasteiger partial charge is 0.296 e. The fourth-order valence-electron chi connectivity index (χ4n) is 2.20. The Labute approximate surface area is 150 Å². The number of nitrogens with zero attached hydrogens (tertiary/aromatic N) is 1. The van der Waals surface area contributed by atoms with Gasteiger partial charge in [0.2, 0.25) is 5.91 Å². The van der Waals surface area contributed by atoms with Crippen LogP contribution in [-0.4, -0.2) is 24.5 Å². The first-order valence-electron chi connectivity index (χ1n) is 7.52. The van der Waals surface area contributed by atoms with Gasteiger partial charge in [0.15, 0.2) is 0 Å². The molecule has 0 heterocycles. The summed E-state index contributed by atoms with van der Waals surface area (Å²) < 4.78 is 4.96. The normalized spacial score (nSPS) is 11.6. The van der Waals surface area contributed by atoms with Crippen molar-refractivity contribution in [2.75, 3.05) is 19.0 Å². The molecule has 0 aromatic heterocycles. The fourth-order valence-corrected chi connectivity index (χ4v) is 2.33. The standard InChI is InChI=1S/C17H18ClN3O4/c1-11(12-3-5-13(18)6-4-12)19-10-17(22)20-15-8-7-14(25-2)9-16(15)21(23)24/h3-9,11,19H,10H2,1-2H3,(H,20,22)/t11-/m1/s1. The van der Waals surface area contributed by atoms with Gasteiger partial charge in [-0.2, -0.15) is 0 Å². The average Bonchev–Trinajstić information content (AvgIpc) is 2.60. The van der Waals surface area contributed by atoms with Gasteiger partial charge in [-0.1, -0.05) is 23.7 Å². The molecular formula is C17H18ClN3O4. The maximum atomic E-state index is 12.1. The molecular weight excluding hydrogens is 346 g/mol. The predicted molar refractivity (Wildman–Crippen MR) is 96.1 cm³/mol. The highest BCUT2D eigenvalue weighted by Crippen LogP contribution is 2.28. The van der Waals surface area contributed by atoms with Crippen molar-refractivity contribution >= 4 is 28.9 Å². The molecule has 0 aliphatic carbocycles. The quantitative estimate of drug-likeness (QED) is 0.579. The zero-order valence-electron chi connectivity index (χ0n) is 13.8. The molecule has 0 radical (unpaired) electrons. The Balaban J connectivity index is 1.98. The van der Waals surface area contributed by atoms with Crippen molar-refractivity contribution in [1.82, 2.24) is 5.32 Å². The Hall–Kier alpha value is -2.64. The second kappa shape index (κ2) is 8.46. The number of carbonyl (C=O) groups excluding carboxylic acids is 1. The number of hydrogen-bond donors (Lipinski definition) is 2. The van der Waals surface area contributed by atoms with Gasteiger partial charge in [-0.05, 0) is 36.8 Å². The highest BCUT2D eigenvalue weighted by Gasteiger charge is 2.17. The zero-order valence-corrected chi connectivity index (χ0v) is 14.5. The Bertz CT molecular complexity index is 765. The van der Waals surface area contributed by atoms with Crippen molar-refractivity contribution in [2.24, 2.45) is 0 Å². The molecule has 2 N–H and O–H groups in total. The first-order chi connectivity index (χ1) is 11.9. The van der Waals surface area contributed by atoms with Crippen LogP contribution in [0.15, 0.2) is 42.5 Å². The lowest BCUT2D eigenvalue weighted by molar-refractivity contribution is -0.384. The molecule has 25 heavy (non-hydrogen) atoms. The monoisotopic (exact) mass is 363 g/mol. The summed E-state index contributed by atoms with van der Waals surface area (Å²) >= 11 is 5.85. The predicted octanol–water partition coefficient (Wildman–Crippen LogP) is 3.55. The number of methoxy groups -OCH3 is 1. The fraction of sp³-hybridized carbons (Fsp3) is 0.235. The molecule has 0 fully saturated rings. The van der Waals surface area contributed by atoms with Gasteiger partial charge >= 0.3 is 0 Å². The molecule has 0 saturated heterocycles. The third-order valence-corrected chi connectivity index (χ3v) is 3.87. The van der Waals surface area contributed by atoms with Crippen LogP contribution >= 0.6 is 11.6 Å². The molecule has 1 amide bonds. The van der Waals surface area contributed by atoms with Gasteiger partial charge in [0, 0.05) is 11.1 Å². The van der Waals surface area contributed by atoms with Crippen LogP contribution < -0.4 is 15.4 Å². The molecule has 0 aliphatic heterocycles. The van der Waals surface area contributed by atoms with Crippen LogP contribution in [0.5, 0.6) is 5.75 Å². The van der Waals surface area contributed by atoms with E-state index in [1.165, 1.54) is 19.2 Å². The third kappa shape index (κ3) is 5.17. The van der Waals surface area contributed by atoms with Crippen LogP contribution in [0.3, 0.4) is 0 Å². The van der Waals surface area contributed by atoms with E-state index in [0.29, 0.717) is 10.8 Å². The van der Waals surface area contributed by atoms with Crippen molar-refractivity contribution in [3.63, 3.8) is 0 Å². The highest BCUT2D eigenvalue weighted by molar-refractivity contribution is 6.30. The number of carbonyl (C=O) groups is 1. The molecule has 2 aromatic carbocycles. The Morgan fingerprint density at radius 3 is 2.56 bits per heavy atom. The summed E-state index contributed by atoms with van der Waals surface area (Å²) in [5.41, 5.74) is 0.878. The van der Waals surface area contributed by atoms with Crippen LogP contribution in [-0.2, 0) is 4.79 Å². The van der Waals surface area contributed by atoms with E-state index in [-0.39, 0.29) is 29.9 Å². The first-order valence-corrected chi connectivity index (χ1v) is 7.89. The van der Waals surface area contributed by atoms with E-state index in [1.54, 1.807) is 18.2 Å².